The summed E-state index contributed by atoms with van der Waals surface area (Å²) in [6, 6.07) is 0. The van der Waals surface area contributed by atoms with Gasteiger partial charge in [-0.3, -0.25) is 0 Å². The van der Waals surface area contributed by atoms with E-state index in [9.17, 15) is 18.9 Å². The van der Waals surface area contributed by atoms with Crippen molar-refractivity contribution in [2.75, 3.05) is 26.3 Å². The zero-order valence-corrected chi connectivity index (χ0v) is 12.0. The first-order chi connectivity index (χ1) is 7.54. The van der Waals surface area contributed by atoms with Crippen LogP contribution in [0.15, 0.2) is 0 Å². The van der Waals surface area contributed by atoms with Crippen molar-refractivity contribution in [1.29, 1.82) is 0 Å². The Balaban J connectivity index is -0.000000340. The summed E-state index contributed by atoms with van der Waals surface area (Å²) in [5.74, 6) is 0. The zero-order valence-electron chi connectivity index (χ0n) is 9.09. The molecule has 0 aliphatic rings. The molecule has 17 heavy (non-hydrogen) atoms. The van der Waals surface area contributed by atoms with Gasteiger partial charge in [0, 0.05) is 13.1 Å². The molecule has 2 atom stereocenters. The van der Waals surface area contributed by atoms with E-state index in [1.807, 2.05) is 0 Å². The second-order valence-corrected chi connectivity index (χ2v) is 3.81. The minimum Gasteiger partial charge on any atom is -0.566 e. The van der Waals surface area contributed by atoms with Gasteiger partial charge in [-0.2, -0.15) is 0 Å². The molecule has 0 aliphatic carbocycles. The van der Waals surface area contributed by atoms with Gasteiger partial charge < -0.3 is 21.3 Å². The summed E-state index contributed by atoms with van der Waals surface area (Å²) in [5, 5.41) is 0. The molecule has 0 aromatic rings. The predicted octanol–water partition coefficient (Wildman–Crippen LogP) is -1.26. The van der Waals surface area contributed by atoms with E-state index in [-0.39, 0.29) is 30.3 Å². The quantitative estimate of drug-likeness (QED) is 0.318. The van der Waals surface area contributed by atoms with Crippen molar-refractivity contribution in [3.8, 4) is 0 Å². The van der Waals surface area contributed by atoms with Crippen LogP contribution in [0.2, 0.25) is 0 Å². The normalized spacial score (nSPS) is 10.8. The van der Waals surface area contributed by atoms with E-state index in [4.69, 9.17) is 11.5 Å². The van der Waals surface area contributed by atoms with Gasteiger partial charge in [-0.25, -0.2) is 0 Å². The van der Waals surface area contributed by atoms with Gasteiger partial charge in [0.1, 0.15) is 13.2 Å². The maximum absolute atomic E-state index is 9.83. The molecule has 4 N–H and O–H groups in total. The van der Waals surface area contributed by atoms with Crippen LogP contribution < -0.4 is 21.3 Å². The van der Waals surface area contributed by atoms with Crippen LogP contribution in [0.1, 0.15) is 12.8 Å². The fraction of sp³-hybridized carbons (Fsp3) is 1.00. The molecule has 0 aliphatic heterocycles. The maximum atomic E-state index is 9.83. The van der Waals surface area contributed by atoms with Crippen molar-refractivity contribution >= 4 is 16.5 Å². The molecular formula is C6H16FeN2O6P2+2. The monoisotopic (exact) mass is 330 g/mol. The predicted molar refractivity (Wildman–Crippen MR) is 54.5 cm³/mol. The van der Waals surface area contributed by atoms with Gasteiger partial charge in [0.25, 0.3) is 0 Å². The van der Waals surface area contributed by atoms with Gasteiger partial charge in [0.2, 0.25) is 0 Å². The largest absolute Gasteiger partial charge is 2.00 e. The fourth-order valence-corrected chi connectivity index (χ4v) is 1.04. The number of unbranched alkanes of at least 4 members (excludes halogenated alkanes) is 1. The molecule has 0 aromatic heterocycles. The summed E-state index contributed by atoms with van der Waals surface area (Å²) in [6.07, 6.45) is 0.902. The molecule has 0 heterocycles. The zero-order chi connectivity index (χ0) is 12.8. The van der Waals surface area contributed by atoms with Gasteiger partial charge in [-0.15, -0.1) is 9.05 Å². The minimum atomic E-state index is -2.79. The molecule has 102 valence electrons. The van der Waals surface area contributed by atoms with E-state index in [0.717, 1.165) is 0 Å². The Hall–Kier alpha value is 0.479. The van der Waals surface area contributed by atoms with Crippen molar-refractivity contribution < 1.29 is 45.0 Å². The van der Waals surface area contributed by atoms with Crippen LogP contribution in [0.3, 0.4) is 0 Å². The van der Waals surface area contributed by atoms with Crippen LogP contribution in [0.5, 0.6) is 0 Å². The van der Waals surface area contributed by atoms with Crippen molar-refractivity contribution in [2.24, 2.45) is 11.5 Å². The van der Waals surface area contributed by atoms with E-state index in [2.05, 4.69) is 9.05 Å². The molecule has 0 saturated heterocycles. The van der Waals surface area contributed by atoms with Crippen LogP contribution in [-0.2, 0) is 35.2 Å². The third kappa shape index (κ3) is 31.5. The summed E-state index contributed by atoms with van der Waals surface area (Å²) in [5.41, 5.74) is 9.81. The Morgan fingerprint density at radius 3 is 1.35 bits per heavy atom. The summed E-state index contributed by atoms with van der Waals surface area (Å²) >= 11 is 0. The molecule has 0 fully saturated rings. The summed E-state index contributed by atoms with van der Waals surface area (Å²) in [6.45, 7) is 1.33. The van der Waals surface area contributed by atoms with Crippen LogP contribution in [0.4, 0.5) is 0 Å². The smallest absolute Gasteiger partial charge is 0.566 e. The Kier molecular flexibility index (Phi) is 25.1. The first-order valence-electron chi connectivity index (χ1n) is 4.49. The summed E-state index contributed by atoms with van der Waals surface area (Å²) in [4.78, 5) is 19.7. The number of hydrogen-bond donors (Lipinski definition) is 2. The molecule has 0 amide bonds. The van der Waals surface area contributed by atoms with Gasteiger partial charge >= 0.3 is 33.6 Å². The Bertz CT molecular complexity index is 179. The maximum Gasteiger partial charge on any atom is 2.00 e. The molecule has 0 saturated carbocycles. The van der Waals surface area contributed by atoms with Gasteiger partial charge in [0.05, 0.1) is 0 Å². The van der Waals surface area contributed by atoms with Crippen LogP contribution in [-0.4, -0.2) is 26.3 Å². The molecule has 8 nitrogen and oxygen atoms in total. The van der Waals surface area contributed by atoms with Crippen molar-refractivity contribution in [3.63, 3.8) is 0 Å². The van der Waals surface area contributed by atoms with Gasteiger partial charge in [-0.05, 0) is 22.0 Å². The molecule has 0 spiro atoms. The van der Waals surface area contributed by atoms with Crippen molar-refractivity contribution in [2.45, 2.75) is 12.8 Å². The van der Waals surface area contributed by atoms with Gasteiger partial charge in [0.15, 0.2) is 0 Å². The average Bonchev–Trinajstić information content (AvgIpc) is 2.23. The summed E-state index contributed by atoms with van der Waals surface area (Å²) < 4.78 is 28.0. The first kappa shape index (κ1) is 22.6. The molecule has 0 radical (unpaired) electrons. The molecule has 0 rings (SSSR count). The van der Waals surface area contributed by atoms with E-state index < -0.39 is 16.5 Å². The first-order valence-corrected chi connectivity index (χ1v) is 6.68. The van der Waals surface area contributed by atoms with Crippen molar-refractivity contribution in [3.05, 3.63) is 0 Å². The van der Waals surface area contributed by atoms with Crippen LogP contribution >= 0.6 is 16.5 Å². The standard InChI is InChI=1S/C4H8O6P2.C2H8N2.Fe/c5-11(6)9-3-1-2-4-10-12(7)8;3-1-2-4;/h1-4H2;1-4H2;/q;;+2. The number of rotatable bonds is 8. The van der Waals surface area contributed by atoms with Gasteiger partial charge in [-0.1, -0.05) is 0 Å². The molecular weight excluding hydrogens is 314 g/mol. The minimum absolute atomic E-state index is 0. The molecule has 0 bridgehead atoms. The van der Waals surface area contributed by atoms with E-state index >= 15 is 0 Å². The Morgan fingerprint density at radius 1 is 0.882 bits per heavy atom. The van der Waals surface area contributed by atoms with E-state index in [1.165, 1.54) is 0 Å². The van der Waals surface area contributed by atoms with E-state index in [1.54, 1.807) is 0 Å². The number of nitrogens with two attached hydrogens (primary N) is 2. The topological polar surface area (TPSA) is 151 Å². The van der Waals surface area contributed by atoms with Crippen LogP contribution in [0.25, 0.3) is 0 Å². The van der Waals surface area contributed by atoms with E-state index in [0.29, 0.717) is 25.9 Å². The third-order valence-electron chi connectivity index (χ3n) is 1.10. The average molecular weight is 330 g/mol. The number of hydrogen-bond acceptors (Lipinski definition) is 8. The molecule has 0 aromatic carbocycles. The second-order valence-electron chi connectivity index (χ2n) is 2.40. The Labute approximate surface area is 112 Å². The molecule has 11 heteroatoms. The fourth-order valence-electron chi connectivity index (χ4n) is 0.482. The Morgan fingerprint density at radius 2 is 1.18 bits per heavy atom. The summed E-state index contributed by atoms with van der Waals surface area (Å²) in [7, 11) is -5.59. The third-order valence-corrected chi connectivity index (χ3v) is 1.89. The van der Waals surface area contributed by atoms with Crippen molar-refractivity contribution in [1.82, 2.24) is 0 Å². The SMILES string of the molecule is NCCN.O=[P+]([O-])OCCCCO[P+](=O)[O-].[Fe+2]. The van der Waals surface area contributed by atoms with Crippen LogP contribution in [0, 0.1) is 0 Å². The second kappa shape index (κ2) is 18.8. The molecule has 2 unspecified atom stereocenters.